The van der Waals surface area contributed by atoms with Crippen LogP contribution in [0.5, 0.6) is 0 Å². The van der Waals surface area contributed by atoms with Gasteiger partial charge in [-0.2, -0.15) is 0 Å². The SMILES string of the molecule is CCCCOC(=O)COC(=O)c1ccc(F)cc1N. The van der Waals surface area contributed by atoms with Gasteiger partial charge in [0.2, 0.25) is 0 Å². The first kappa shape index (κ1) is 14.9. The fourth-order valence-electron chi connectivity index (χ4n) is 1.29. The van der Waals surface area contributed by atoms with Gasteiger partial charge in [0, 0.05) is 5.69 Å². The summed E-state index contributed by atoms with van der Waals surface area (Å²) < 4.78 is 22.3. The topological polar surface area (TPSA) is 78.6 Å². The molecule has 0 unspecified atom stereocenters. The normalized spacial score (nSPS) is 10.0. The Morgan fingerprint density at radius 3 is 2.68 bits per heavy atom. The Morgan fingerprint density at radius 2 is 2.05 bits per heavy atom. The van der Waals surface area contributed by atoms with Crippen LogP contribution in [0, 0.1) is 5.82 Å². The Kier molecular flexibility index (Phi) is 5.78. The van der Waals surface area contributed by atoms with Gasteiger partial charge in [-0.15, -0.1) is 0 Å². The third kappa shape index (κ3) is 4.95. The lowest BCUT2D eigenvalue weighted by molar-refractivity contribution is -0.147. The van der Waals surface area contributed by atoms with Crippen molar-refractivity contribution in [3.63, 3.8) is 0 Å². The van der Waals surface area contributed by atoms with Crippen LogP contribution in [0.4, 0.5) is 10.1 Å². The molecule has 0 aliphatic heterocycles. The summed E-state index contributed by atoms with van der Waals surface area (Å²) in [7, 11) is 0. The first-order valence-corrected chi connectivity index (χ1v) is 5.92. The number of unbranched alkanes of at least 4 members (excludes halogenated alkanes) is 1. The summed E-state index contributed by atoms with van der Waals surface area (Å²) in [6, 6.07) is 3.30. The molecule has 0 bridgehead atoms. The van der Waals surface area contributed by atoms with Gasteiger partial charge in [-0.25, -0.2) is 14.0 Å². The molecule has 0 spiro atoms. The number of rotatable bonds is 6. The largest absolute Gasteiger partial charge is 0.463 e. The van der Waals surface area contributed by atoms with E-state index in [-0.39, 0.29) is 11.3 Å². The number of anilines is 1. The molecule has 0 heterocycles. The quantitative estimate of drug-likeness (QED) is 0.485. The van der Waals surface area contributed by atoms with Crippen molar-refractivity contribution in [1.29, 1.82) is 0 Å². The minimum absolute atomic E-state index is 0.0164. The zero-order chi connectivity index (χ0) is 14.3. The number of esters is 2. The van der Waals surface area contributed by atoms with Gasteiger partial charge in [0.1, 0.15) is 5.82 Å². The summed E-state index contributed by atoms with van der Waals surface area (Å²) in [5, 5.41) is 0. The van der Waals surface area contributed by atoms with Crippen molar-refractivity contribution in [2.75, 3.05) is 18.9 Å². The van der Waals surface area contributed by atoms with E-state index in [4.69, 9.17) is 15.2 Å². The molecule has 104 valence electrons. The first-order valence-electron chi connectivity index (χ1n) is 5.92. The Hall–Kier alpha value is -2.11. The van der Waals surface area contributed by atoms with Crippen LogP contribution in [0.1, 0.15) is 30.1 Å². The lowest BCUT2D eigenvalue weighted by Gasteiger charge is -2.07. The molecule has 0 atom stereocenters. The van der Waals surface area contributed by atoms with E-state index < -0.39 is 24.4 Å². The summed E-state index contributed by atoms with van der Waals surface area (Å²) in [6.45, 7) is 1.77. The molecule has 0 saturated heterocycles. The van der Waals surface area contributed by atoms with Crippen LogP contribution in [-0.2, 0) is 14.3 Å². The van der Waals surface area contributed by atoms with E-state index in [1.807, 2.05) is 6.92 Å². The highest BCUT2D eigenvalue weighted by atomic mass is 19.1. The molecule has 0 fully saturated rings. The highest BCUT2D eigenvalue weighted by Gasteiger charge is 2.14. The molecule has 1 aromatic carbocycles. The van der Waals surface area contributed by atoms with E-state index in [0.29, 0.717) is 6.61 Å². The molecule has 19 heavy (non-hydrogen) atoms. The number of nitrogen functional groups attached to an aromatic ring is 1. The molecule has 0 aliphatic rings. The van der Waals surface area contributed by atoms with Gasteiger partial charge < -0.3 is 15.2 Å². The molecular weight excluding hydrogens is 253 g/mol. The smallest absolute Gasteiger partial charge is 0.344 e. The lowest BCUT2D eigenvalue weighted by Crippen LogP contribution is -2.17. The Balaban J connectivity index is 2.45. The molecule has 6 heteroatoms. The summed E-state index contributed by atoms with van der Waals surface area (Å²) in [5.74, 6) is -1.96. The van der Waals surface area contributed by atoms with Crippen LogP contribution >= 0.6 is 0 Å². The Bertz CT molecular complexity index is 462. The minimum atomic E-state index is -0.787. The van der Waals surface area contributed by atoms with Crippen LogP contribution in [0.25, 0.3) is 0 Å². The van der Waals surface area contributed by atoms with Gasteiger partial charge in [-0.05, 0) is 24.6 Å². The van der Waals surface area contributed by atoms with Gasteiger partial charge >= 0.3 is 11.9 Å². The maximum atomic E-state index is 12.8. The highest BCUT2D eigenvalue weighted by Crippen LogP contribution is 2.14. The average molecular weight is 269 g/mol. The number of halogens is 1. The van der Waals surface area contributed by atoms with Crippen molar-refractivity contribution < 1.29 is 23.5 Å². The summed E-state index contributed by atoms with van der Waals surface area (Å²) in [5.41, 5.74) is 5.45. The van der Waals surface area contributed by atoms with Crippen LogP contribution in [0.15, 0.2) is 18.2 Å². The maximum absolute atomic E-state index is 12.8. The zero-order valence-electron chi connectivity index (χ0n) is 10.6. The van der Waals surface area contributed by atoms with Gasteiger partial charge in [0.15, 0.2) is 6.61 Å². The second-order valence-electron chi connectivity index (χ2n) is 3.88. The summed E-state index contributed by atoms with van der Waals surface area (Å²) >= 11 is 0. The molecular formula is C13H16FNO4. The average Bonchev–Trinajstić information content (AvgIpc) is 2.36. The van der Waals surface area contributed by atoms with E-state index in [2.05, 4.69) is 0 Å². The van der Waals surface area contributed by atoms with Crippen molar-refractivity contribution >= 4 is 17.6 Å². The molecule has 1 aromatic rings. The number of carbonyl (C=O) groups is 2. The van der Waals surface area contributed by atoms with E-state index in [0.717, 1.165) is 25.0 Å². The van der Waals surface area contributed by atoms with Gasteiger partial charge in [-0.1, -0.05) is 13.3 Å². The van der Waals surface area contributed by atoms with Crippen LogP contribution < -0.4 is 5.73 Å². The molecule has 0 aliphatic carbocycles. The van der Waals surface area contributed by atoms with Crippen LogP contribution in [0.3, 0.4) is 0 Å². The van der Waals surface area contributed by atoms with E-state index in [1.54, 1.807) is 0 Å². The number of ether oxygens (including phenoxy) is 2. The standard InChI is InChI=1S/C13H16FNO4/c1-2-3-6-18-12(16)8-19-13(17)10-5-4-9(14)7-11(10)15/h4-5,7H,2-3,6,8,15H2,1H3. The lowest BCUT2D eigenvalue weighted by atomic mass is 10.2. The number of hydrogen-bond acceptors (Lipinski definition) is 5. The van der Waals surface area contributed by atoms with E-state index in [1.165, 1.54) is 6.07 Å². The number of nitrogens with two attached hydrogens (primary N) is 1. The monoisotopic (exact) mass is 269 g/mol. The fourth-order valence-corrected chi connectivity index (χ4v) is 1.29. The second kappa shape index (κ2) is 7.35. The molecule has 0 radical (unpaired) electrons. The minimum Gasteiger partial charge on any atom is -0.463 e. The number of carbonyl (C=O) groups excluding carboxylic acids is 2. The predicted molar refractivity (Wildman–Crippen MR) is 67.0 cm³/mol. The first-order chi connectivity index (χ1) is 9.04. The Morgan fingerprint density at radius 1 is 1.32 bits per heavy atom. The number of benzene rings is 1. The summed E-state index contributed by atoms with van der Waals surface area (Å²) in [4.78, 5) is 22.8. The molecule has 0 saturated carbocycles. The molecule has 1 rings (SSSR count). The molecule has 2 N–H and O–H groups in total. The number of hydrogen-bond donors (Lipinski definition) is 1. The molecule has 0 aromatic heterocycles. The fraction of sp³-hybridized carbons (Fsp3) is 0.385. The van der Waals surface area contributed by atoms with Crippen molar-refractivity contribution in [1.82, 2.24) is 0 Å². The third-order valence-corrected chi connectivity index (χ3v) is 2.32. The van der Waals surface area contributed by atoms with Gasteiger partial charge in [0.25, 0.3) is 0 Å². The van der Waals surface area contributed by atoms with Crippen molar-refractivity contribution in [2.24, 2.45) is 0 Å². The van der Waals surface area contributed by atoms with Crippen LogP contribution in [0.2, 0.25) is 0 Å². The molecule has 0 amide bonds. The summed E-state index contributed by atoms with van der Waals surface area (Å²) in [6.07, 6.45) is 1.66. The maximum Gasteiger partial charge on any atom is 0.344 e. The highest BCUT2D eigenvalue weighted by molar-refractivity contribution is 5.95. The molecule has 5 nitrogen and oxygen atoms in total. The van der Waals surface area contributed by atoms with Crippen LogP contribution in [-0.4, -0.2) is 25.2 Å². The third-order valence-electron chi connectivity index (χ3n) is 2.32. The zero-order valence-corrected chi connectivity index (χ0v) is 10.6. The van der Waals surface area contributed by atoms with Gasteiger partial charge in [-0.3, -0.25) is 0 Å². The second-order valence-corrected chi connectivity index (χ2v) is 3.88. The van der Waals surface area contributed by atoms with Crippen molar-refractivity contribution in [3.8, 4) is 0 Å². The van der Waals surface area contributed by atoms with E-state index in [9.17, 15) is 14.0 Å². The Labute approximate surface area is 110 Å². The van der Waals surface area contributed by atoms with Crippen molar-refractivity contribution in [3.05, 3.63) is 29.6 Å². The van der Waals surface area contributed by atoms with Crippen molar-refractivity contribution in [2.45, 2.75) is 19.8 Å². The predicted octanol–water partition coefficient (Wildman–Crippen LogP) is 1.91. The van der Waals surface area contributed by atoms with Gasteiger partial charge in [0.05, 0.1) is 12.2 Å². The van der Waals surface area contributed by atoms with E-state index >= 15 is 0 Å².